The van der Waals surface area contributed by atoms with Crippen molar-refractivity contribution in [3.8, 4) is 17.1 Å². The van der Waals surface area contributed by atoms with Gasteiger partial charge < -0.3 is 5.73 Å². The van der Waals surface area contributed by atoms with Crippen LogP contribution in [0.4, 0.5) is 5.69 Å². The molecular formula is C15H14ClN5. The van der Waals surface area contributed by atoms with Gasteiger partial charge in [0.25, 0.3) is 0 Å². The predicted molar refractivity (Wildman–Crippen MR) is 83.5 cm³/mol. The second-order valence-electron chi connectivity index (χ2n) is 4.86. The first kappa shape index (κ1) is 13.6. The van der Waals surface area contributed by atoms with Crippen LogP contribution in [-0.2, 0) is 0 Å². The molecule has 0 aliphatic heterocycles. The number of nitrogens with two attached hydrogens (primary N) is 1. The van der Waals surface area contributed by atoms with Crippen LogP contribution in [0.25, 0.3) is 17.1 Å². The average Bonchev–Trinajstić information content (AvgIpc) is 2.91. The second kappa shape index (κ2) is 5.18. The minimum atomic E-state index is 0.458. The minimum Gasteiger partial charge on any atom is -0.398 e. The summed E-state index contributed by atoms with van der Waals surface area (Å²) in [6.45, 7) is 4.05. The number of halogens is 1. The standard InChI is InChI=1S/C15H14ClN5/c1-9-5-3-6-10(2)14(9)21-15(18-19-20-21)11-7-4-8-12(17)13(11)16/h3-8H,17H2,1-2H3. The molecule has 6 heteroatoms. The van der Waals surface area contributed by atoms with Gasteiger partial charge in [0.1, 0.15) is 0 Å². The normalized spacial score (nSPS) is 10.8. The van der Waals surface area contributed by atoms with E-state index < -0.39 is 0 Å². The summed E-state index contributed by atoms with van der Waals surface area (Å²) in [6, 6.07) is 11.5. The summed E-state index contributed by atoms with van der Waals surface area (Å²) in [6.07, 6.45) is 0. The maximum atomic E-state index is 6.29. The first-order valence-electron chi connectivity index (χ1n) is 6.49. The topological polar surface area (TPSA) is 69.6 Å². The van der Waals surface area contributed by atoms with Crippen molar-refractivity contribution in [3.63, 3.8) is 0 Å². The lowest BCUT2D eigenvalue weighted by atomic mass is 10.1. The maximum Gasteiger partial charge on any atom is 0.188 e. The van der Waals surface area contributed by atoms with E-state index in [1.165, 1.54) is 0 Å². The Morgan fingerprint density at radius 1 is 1.05 bits per heavy atom. The van der Waals surface area contributed by atoms with Crippen molar-refractivity contribution in [1.82, 2.24) is 20.2 Å². The van der Waals surface area contributed by atoms with Crippen LogP contribution >= 0.6 is 11.6 Å². The average molecular weight is 300 g/mol. The fourth-order valence-corrected chi connectivity index (χ4v) is 2.58. The van der Waals surface area contributed by atoms with Gasteiger partial charge >= 0.3 is 0 Å². The Bertz CT molecular complexity index is 789. The first-order valence-corrected chi connectivity index (χ1v) is 6.86. The number of hydrogen-bond donors (Lipinski definition) is 1. The molecular weight excluding hydrogens is 286 g/mol. The van der Waals surface area contributed by atoms with Crippen LogP contribution < -0.4 is 5.73 Å². The highest BCUT2D eigenvalue weighted by Gasteiger charge is 2.17. The van der Waals surface area contributed by atoms with E-state index in [2.05, 4.69) is 15.5 Å². The van der Waals surface area contributed by atoms with E-state index in [0.717, 1.165) is 16.8 Å². The minimum absolute atomic E-state index is 0.458. The summed E-state index contributed by atoms with van der Waals surface area (Å²) in [4.78, 5) is 0. The molecule has 106 valence electrons. The highest BCUT2D eigenvalue weighted by atomic mass is 35.5. The Balaban J connectivity index is 2.25. The van der Waals surface area contributed by atoms with Crippen LogP contribution in [0, 0.1) is 13.8 Å². The summed E-state index contributed by atoms with van der Waals surface area (Å²) in [5, 5.41) is 12.5. The lowest BCUT2D eigenvalue weighted by molar-refractivity contribution is 0.783. The van der Waals surface area contributed by atoms with Crippen LogP contribution in [0.3, 0.4) is 0 Å². The summed E-state index contributed by atoms with van der Waals surface area (Å²) < 4.78 is 1.70. The predicted octanol–water partition coefficient (Wildman–Crippen LogP) is 3.18. The molecule has 1 aromatic heterocycles. The molecule has 21 heavy (non-hydrogen) atoms. The summed E-state index contributed by atoms with van der Waals surface area (Å²) >= 11 is 6.29. The Morgan fingerprint density at radius 2 is 1.71 bits per heavy atom. The smallest absolute Gasteiger partial charge is 0.188 e. The molecule has 0 radical (unpaired) electrons. The Hall–Kier alpha value is -2.40. The number of nitrogens with zero attached hydrogens (tertiary/aromatic N) is 4. The molecule has 5 nitrogen and oxygen atoms in total. The van der Waals surface area contributed by atoms with Gasteiger partial charge in [0.2, 0.25) is 0 Å². The summed E-state index contributed by atoms with van der Waals surface area (Å²) in [7, 11) is 0. The maximum absolute atomic E-state index is 6.29. The fourth-order valence-electron chi connectivity index (χ4n) is 2.37. The van der Waals surface area contributed by atoms with Gasteiger partial charge in [-0.3, -0.25) is 0 Å². The van der Waals surface area contributed by atoms with Gasteiger partial charge in [0.15, 0.2) is 5.82 Å². The van der Waals surface area contributed by atoms with Gasteiger partial charge in [-0.1, -0.05) is 35.9 Å². The van der Waals surface area contributed by atoms with Crippen molar-refractivity contribution in [2.24, 2.45) is 0 Å². The Labute approximate surface area is 127 Å². The molecule has 3 rings (SSSR count). The van der Waals surface area contributed by atoms with Crippen LogP contribution in [0.5, 0.6) is 0 Å². The third-order valence-corrected chi connectivity index (χ3v) is 3.81. The molecule has 0 amide bonds. The second-order valence-corrected chi connectivity index (χ2v) is 5.24. The molecule has 0 fully saturated rings. The lowest BCUT2D eigenvalue weighted by Gasteiger charge is -2.12. The van der Waals surface area contributed by atoms with Crippen molar-refractivity contribution >= 4 is 17.3 Å². The van der Waals surface area contributed by atoms with Crippen molar-refractivity contribution in [1.29, 1.82) is 0 Å². The molecule has 0 atom stereocenters. The van der Waals surface area contributed by atoms with Crippen LogP contribution in [0.2, 0.25) is 5.02 Å². The molecule has 0 aliphatic rings. The summed E-state index contributed by atoms with van der Waals surface area (Å²) in [5.74, 6) is 0.574. The molecule has 0 unspecified atom stereocenters. The number of rotatable bonds is 2. The number of tetrazole rings is 1. The number of hydrogen-bond acceptors (Lipinski definition) is 4. The van der Waals surface area contributed by atoms with Crippen molar-refractivity contribution in [2.75, 3.05) is 5.73 Å². The SMILES string of the molecule is Cc1cccc(C)c1-n1nnnc1-c1cccc(N)c1Cl. The van der Waals surface area contributed by atoms with E-state index in [1.54, 1.807) is 10.7 Å². The Kier molecular flexibility index (Phi) is 3.35. The molecule has 0 spiro atoms. The van der Waals surface area contributed by atoms with Crippen LogP contribution in [0.1, 0.15) is 11.1 Å². The number of aryl methyl sites for hydroxylation is 2. The third-order valence-electron chi connectivity index (χ3n) is 3.39. The molecule has 0 saturated carbocycles. The van der Waals surface area contributed by atoms with Crippen LogP contribution in [0.15, 0.2) is 36.4 Å². The number of benzene rings is 2. The largest absolute Gasteiger partial charge is 0.398 e. The number of aromatic nitrogens is 4. The van der Waals surface area contributed by atoms with Crippen molar-refractivity contribution in [2.45, 2.75) is 13.8 Å². The quantitative estimate of drug-likeness (QED) is 0.738. The van der Waals surface area contributed by atoms with Gasteiger partial charge in [-0.2, -0.15) is 4.68 Å². The first-order chi connectivity index (χ1) is 10.1. The van der Waals surface area contributed by atoms with Gasteiger partial charge in [0.05, 0.1) is 16.4 Å². The van der Waals surface area contributed by atoms with E-state index in [4.69, 9.17) is 17.3 Å². The molecule has 0 saturated heterocycles. The summed E-state index contributed by atoms with van der Waals surface area (Å²) in [5.41, 5.74) is 10.2. The lowest BCUT2D eigenvalue weighted by Crippen LogP contribution is -2.05. The fraction of sp³-hybridized carbons (Fsp3) is 0.133. The number of nitrogen functional groups attached to an aromatic ring is 1. The van der Waals surface area contributed by atoms with Gasteiger partial charge in [-0.05, 0) is 47.5 Å². The zero-order valence-corrected chi connectivity index (χ0v) is 12.5. The van der Waals surface area contributed by atoms with E-state index >= 15 is 0 Å². The molecule has 0 aliphatic carbocycles. The van der Waals surface area contributed by atoms with Gasteiger partial charge in [-0.25, -0.2) is 0 Å². The molecule has 3 aromatic rings. The van der Waals surface area contributed by atoms with Gasteiger partial charge in [0, 0.05) is 5.56 Å². The zero-order valence-electron chi connectivity index (χ0n) is 11.7. The third kappa shape index (κ3) is 2.25. The number of para-hydroxylation sites is 1. The monoisotopic (exact) mass is 299 g/mol. The van der Waals surface area contributed by atoms with E-state index in [1.807, 2.05) is 44.2 Å². The van der Waals surface area contributed by atoms with E-state index in [-0.39, 0.29) is 0 Å². The van der Waals surface area contributed by atoms with Gasteiger partial charge in [-0.15, -0.1) is 5.10 Å². The Morgan fingerprint density at radius 3 is 2.43 bits per heavy atom. The number of anilines is 1. The van der Waals surface area contributed by atoms with E-state index in [9.17, 15) is 0 Å². The molecule has 0 bridgehead atoms. The van der Waals surface area contributed by atoms with E-state index in [0.29, 0.717) is 22.1 Å². The van der Waals surface area contributed by atoms with Crippen molar-refractivity contribution < 1.29 is 0 Å². The molecule has 1 heterocycles. The molecule has 2 aromatic carbocycles. The van der Waals surface area contributed by atoms with Crippen LogP contribution in [-0.4, -0.2) is 20.2 Å². The zero-order chi connectivity index (χ0) is 15.0. The van der Waals surface area contributed by atoms with Crippen molar-refractivity contribution in [3.05, 3.63) is 52.5 Å². The highest BCUT2D eigenvalue weighted by Crippen LogP contribution is 2.32. The molecule has 2 N–H and O–H groups in total. The highest BCUT2D eigenvalue weighted by molar-refractivity contribution is 6.35.